The first kappa shape index (κ1) is 18.0. The van der Waals surface area contributed by atoms with E-state index in [0.29, 0.717) is 23.8 Å². The van der Waals surface area contributed by atoms with E-state index in [1.54, 1.807) is 22.9 Å². The van der Waals surface area contributed by atoms with Crippen LogP contribution >= 0.6 is 0 Å². The third kappa shape index (κ3) is 3.71. The predicted molar refractivity (Wildman–Crippen MR) is 91.5 cm³/mol. The second-order valence-corrected chi connectivity index (χ2v) is 6.33. The lowest BCUT2D eigenvalue weighted by atomic mass is 10.1. The van der Waals surface area contributed by atoms with Gasteiger partial charge in [0.25, 0.3) is 0 Å². The molecule has 9 heteroatoms. The highest BCUT2D eigenvalue weighted by Crippen LogP contribution is 2.32. The first-order valence-electron chi connectivity index (χ1n) is 8.08. The number of nitrogens with one attached hydrogen (secondary N) is 1. The molecule has 3 aromatic rings. The van der Waals surface area contributed by atoms with Gasteiger partial charge < -0.3 is 9.47 Å². The molecule has 2 aromatic heterocycles. The topological polar surface area (TPSA) is 62.6 Å². The van der Waals surface area contributed by atoms with Gasteiger partial charge in [-0.05, 0) is 19.4 Å². The number of halogens is 3. The molecule has 0 unspecified atom stereocenters. The maximum atomic E-state index is 13.0. The van der Waals surface area contributed by atoms with Crippen LogP contribution in [-0.4, -0.2) is 32.0 Å². The van der Waals surface area contributed by atoms with Gasteiger partial charge in [-0.1, -0.05) is 24.3 Å². The molecule has 0 radical (unpaired) electrons. The number of aromatic amines is 1. The Morgan fingerprint density at radius 2 is 1.88 bits per heavy atom. The number of nitrogens with zero attached hydrogens (tertiary/aromatic N) is 5. The van der Waals surface area contributed by atoms with Crippen LogP contribution in [0.3, 0.4) is 0 Å². The number of imidazole rings is 1. The summed E-state index contributed by atoms with van der Waals surface area (Å²) in [6, 6.07) is 7.18. The molecule has 1 aromatic carbocycles. The zero-order valence-corrected chi connectivity index (χ0v) is 14.6. The Kier molecular flexibility index (Phi) is 4.71. The van der Waals surface area contributed by atoms with Gasteiger partial charge in [-0.2, -0.15) is 23.5 Å². The fourth-order valence-electron chi connectivity index (χ4n) is 2.63. The van der Waals surface area contributed by atoms with Gasteiger partial charge in [-0.25, -0.2) is 4.98 Å². The molecule has 138 valence electrons. The Morgan fingerprint density at radius 1 is 1.19 bits per heavy atom. The molecule has 0 fully saturated rings. The predicted octanol–water partition coefficient (Wildman–Crippen LogP) is 3.90. The van der Waals surface area contributed by atoms with Crippen molar-refractivity contribution in [2.24, 2.45) is 0 Å². The summed E-state index contributed by atoms with van der Waals surface area (Å²) in [4.78, 5) is 5.72. The molecule has 0 saturated heterocycles. The first-order chi connectivity index (χ1) is 12.3. The summed E-state index contributed by atoms with van der Waals surface area (Å²) in [5, 5.41) is 10.3. The molecule has 0 bridgehead atoms. The van der Waals surface area contributed by atoms with Crippen LogP contribution in [0.5, 0.6) is 0 Å². The Hall–Kier alpha value is -2.84. The number of benzene rings is 1. The molecular weight excluding hydrogens is 345 g/mol. The molecule has 1 N–H and O–H groups in total. The highest BCUT2D eigenvalue weighted by molar-refractivity contribution is 5.57. The molecule has 2 heterocycles. The lowest BCUT2D eigenvalue weighted by Crippen LogP contribution is -2.16. The van der Waals surface area contributed by atoms with Crippen LogP contribution < -0.4 is 4.90 Å². The van der Waals surface area contributed by atoms with E-state index in [-0.39, 0.29) is 6.04 Å². The summed E-state index contributed by atoms with van der Waals surface area (Å²) < 4.78 is 40.6. The van der Waals surface area contributed by atoms with Gasteiger partial charge in [0.1, 0.15) is 5.82 Å². The van der Waals surface area contributed by atoms with Crippen molar-refractivity contribution in [2.45, 2.75) is 32.6 Å². The van der Waals surface area contributed by atoms with E-state index in [0.717, 1.165) is 11.8 Å². The van der Waals surface area contributed by atoms with Crippen LogP contribution in [-0.2, 0) is 12.7 Å². The molecule has 6 nitrogen and oxygen atoms in total. The molecule has 0 aliphatic heterocycles. The summed E-state index contributed by atoms with van der Waals surface area (Å²) in [7, 11) is 1.88. The minimum atomic E-state index is -4.46. The zero-order chi connectivity index (χ0) is 18.9. The average Bonchev–Trinajstić information content (AvgIpc) is 3.25. The fraction of sp³-hybridized carbons (Fsp3) is 0.353. The smallest absolute Gasteiger partial charge is 0.353 e. The number of alkyl halides is 3. The molecule has 0 saturated carbocycles. The highest BCUT2D eigenvalue weighted by atomic mass is 19.4. The van der Waals surface area contributed by atoms with E-state index in [9.17, 15) is 13.2 Å². The van der Waals surface area contributed by atoms with Gasteiger partial charge in [0.2, 0.25) is 0 Å². The van der Waals surface area contributed by atoms with E-state index >= 15 is 0 Å². The SMILES string of the molecule is CC(C)n1cc(C(F)(F)F)nc1-c1ccc(CN(C)c2cn[nH]n2)cc1. The van der Waals surface area contributed by atoms with Gasteiger partial charge in [0.05, 0.1) is 6.20 Å². The lowest BCUT2D eigenvalue weighted by molar-refractivity contribution is -0.140. The van der Waals surface area contributed by atoms with Crippen molar-refractivity contribution < 1.29 is 13.2 Å². The van der Waals surface area contributed by atoms with Gasteiger partial charge >= 0.3 is 6.18 Å². The van der Waals surface area contributed by atoms with Crippen molar-refractivity contribution in [3.05, 3.63) is 47.9 Å². The number of anilines is 1. The normalized spacial score (nSPS) is 12.0. The summed E-state index contributed by atoms with van der Waals surface area (Å²) >= 11 is 0. The fourth-order valence-corrected chi connectivity index (χ4v) is 2.63. The number of hydrogen-bond acceptors (Lipinski definition) is 4. The zero-order valence-electron chi connectivity index (χ0n) is 14.6. The maximum absolute atomic E-state index is 13.0. The van der Waals surface area contributed by atoms with E-state index in [4.69, 9.17) is 0 Å². The molecule has 0 amide bonds. The quantitative estimate of drug-likeness (QED) is 0.746. The summed E-state index contributed by atoms with van der Waals surface area (Å²) in [5.41, 5.74) is 0.760. The first-order valence-corrected chi connectivity index (χ1v) is 8.08. The van der Waals surface area contributed by atoms with Gasteiger partial charge in [-0.3, -0.25) is 0 Å². The summed E-state index contributed by atoms with van der Waals surface area (Å²) in [6.07, 6.45) is -1.78. The third-order valence-corrected chi connectivity index (χ3v) is 4.00. The lowest BCUT2D eigenvalue weighted by Gasteiger charge is -2.16. The van der Waals surface area contributed by atoms with Crippen LogP contribution in [0.2, 0.25) is 0 Å². The van der Waals surface area contributed by atoms with Crippen LogP contribution in [0.4, 0.5) is 19.0 Å². The molecule has 0 spiro atoms. The number of aromatic nitrogens is 5. The van der Waals surface area contributed by atoms with E-state index in [1.807, 2.05) is 37.9 Å². The standard InChI is InChI=1S/C17H19F3N6/c1-11(2)26-10-14(17(18,19)20)22-16(26)13-6-4-12(5-7-13)9-25(3)15-8-21-24-23-15/h4-8,10-11H,9H2,1-3H3,(H,21,23,24). The van der Waals surface area contributed by atoms with Gasteiger partial charge in [0, 0.05) is 31.4 Å². The molecular formula is C17H19F3N6. The number of hydrogen-bond donors (Lipinski definition) is 1. The van der Waals surface area contributed by atoms with E-state index in [1.165, 1.54) is 0 Å². The van der Waals surface area contributed by atoms with Crippen LogP contribution in [0.1, 0.15) is 31.1 Å². The highest BCUT2D eigenvalue weighted by Gasteiger charge is 2.35. The van der Waals surface area contributed by atoms with Crippen LogP contribution in [0.15, 0.2) is 36.7 Å². The minimum Gasteiger partial charge on any atom is -0.353 e. The van der Waals surface area contributed by atoms with Crippen LogP contribution in [0.25, 0.3) is 11.4 Å². The Labute approximate surface area is 148 Å². The summed E-state index contributed by atoms with van der Waals surface area (Å²) in [6.45, 7) is 4.25. The molecule has 0 aliphatic rings. The van der Waals surface area contributed by atoms with E-state index < -0.39 is 11.9 Å². The Bertz CT molecular complexity index is 850. The van der Waals surface area contributed by atoms with Crippen molar-refractivity contribution in [3.8, 4) is 11.4 Å². The van der Waals surface area contributed by atoms with Crippen molar-refractivity contribution in [1.29, 1.82) is 0 Å². The molecule has 0 atom stereocenters. The Balaban J connectivity index is 1.85. The third-order valence-electron chi connectivity index (χ3n) is 4.00. The Morgan fingerprint density at radius 3 is 2.42 bits per heavy atom. The monoisotopic (exact) mass is 364 g/mol. The molecule has 0 aliphatic carbocycles. The van der Waals surface area contributed by atoms with Crippen molar-refractivity contribution in [1.82, 2.24) is 25.0 Å². The summed E-state index contributed by atoms with van der Waals surface area (Å²) in [5.74, 6) is 1.02. The second kappa shape index (κ2) is 6.81. The molecule has 3 rings (SSSR count). The average molecular weight is 364 g/mol. The second-order valence-electron chi connectivity index (χ2n) is 6.33. The van der Waals surface area contributed by atoms with Gasteiger partial charge in [0.15, 0.2) is 11.5 Å². The molecule has 26 heavy (non-hydrogen) atoms. The number of H-pyrrole nitrogens is 1. The largest absolute Gasteiger partial charge is 0.434 e. The minimum absolute atomic E-state index is 0.133. The van der Waals surface area contributed by atoms with Crippen molar-refractivity contribution >= 4 is 5.82 Å². The van der Waals surface area contributed by atoms with E-state index in [2.05, 4.69) is 20.4 Å². The van der Waals surface area contributed by atoms with Crippen LogP contribution in [0, 0.1) is 0 Å². The van der Waals surface area contributed by atoms with Crippen molar-refractivity contribution in [2.75, 3.05) is 11.9 Å². The van der Waals surface area contributed by atoms with Crippen molar-refractivity contribution in [3.63, 3.8) is 0 Å². The maximum Gasteiger partial charge on any atom is 0.434 e. The number of rotatable bonds is 5. The van der Waals surface area contributed by atoms with Gasteiger partial charge in [-0.15, -0.1) is 5.10 Å².